The molecule has 0 aliphatic carbocycles. The van der Waals surface area contributed by atoms with E-state index in [4.69, 9.17) is 18.9 Å². The first-order valence-electron chi connectivity index (χ1n) is 11.1. The summed E-state index contributed by atoms with van der Waals surface area (Å²) in [5, 5.41) is 6.38. The Labute approximate surface area is 217 Å². The maximum Gasteiger partial charge on any atom is 0.271 e. The molecule has 0 aliphatic heterocycles. The van der Waals surface area contributed by atoms with Crippen LogP contribution in [0.5, 0.6) is 23.0 Å². The molecular formula is C28H25BrN2O5. The van der Waals surface area contributed by atoms with E-state index in [1.807, 2.05) is 30.3 Å². The summed E-state index contributed by atoms with van der Waals surface area (Å²) < 4.78 is 22.8. The van der Waals surface area contributed by atoms with E-state index < -0.39 is 5.91 Å². The van der Waals surface area contributed by atoms with Gasteiger partial charge in [0.25, 0.3) is 5.91 Å². The Morgan fingerprint density at radius 3 is 2.36 bits per heavy atom. The number of rotatable bonds is 9. The standard InChI is InChI=1S/C28H25BrN2O5/c1-33-22-13-21(14-23(15-22)34-2)28(32)31-30-16-18-11-25(29)27(26(12-18)35-3)36-17-20-9-6-8-19-7-4-5-10-24(19)20/h4-16H,17H2,1-3H3,(H,31,32)/b30-16-. The van der Waals surface area contributed by atoms with E-state index in [0.717, 1.165) is 16.3 Å². The van der Waals surface area contributed by atoms with Crippen LogP contribution in [0, 0.1) is 0 Å². The molecule has 0 aliphatic rings. The highest BCUT2D eigenvalue weighted by molar-refractivity contribution is 9.10. The first kappa shape index (κ1) is 25.1. The molecule has 1 amide bonds. The van der Waals surface area contributed by atoms with Gasteiger partial charge in [0.1, 0.15) is 18.1 Å². The van der Waals surface area contributed by atoms with Crippen LogP contribution < -0.4 is 24.4 Å². The smallest absolute Gasteiger partial charge is 0.271 e. The van der Waals surface area contributed by atoms with Crippen LogP contribution in [0.1, 0.15) is 21.5 Å². The molecule has 184 valence electrons. The number of fused-ring (bicyclic) bond motifs is 1. The maximum atomic E-state index is 12.5. The molecular weight excluding hydrogens is 524 g/mol. The zero-order valence-corrected chi connectivity index (χ0v) is 21.7. The normalized spacial score (nSPS) is 10.9. The van der Waals surface area contributed by atoms with E-state index >= 15 is 0 Å². The van der Waals surface area contributed by atoms with Crippen molar-refractivity contribution in [2.45, 2.75) is 6.61 Å². The van der Waals surface area contributed by atoms with Crippen LogP contribution in [-0.2, 0) is 6.61 Å². The number of halogens is 1. The number of benzene rings is 4. The molecule has 36 heavy (non-hydrogen) atoms. The van der Waals surface area contributed by atoms with Crippen molar-refractivity contribution in [1.82, 2.24) is 5.43 Å². The SMILES string of the molecule is COc1cc(OC)cc(C(=O)N/N=C\c2cc(Br)c(OCc3cccc4ccccc34)c(OC)c2)c1. The van der Waals surface area contributed by atoms with Gasteiger partial charge in [0, 0.05) is 11.6 Å². The van der Waals surface area contributed by atoms with Crippen molar-refractivity contribution in [3.63, 3.8) is 0 Å². The van der Waals surface area contributed by atoms with Crippen molar-refractivity contribution in [3.8, 4) is 23.0 Å². The average molecular weight is 549 g/mol. The molecule has 0 saturated carbocycles. The monoisotopic (exact) mass is 548 g/mol. The van der Waals surface area contributed by atoms with E-state index in [-0.39, 0.29) is 0 Å². The Balaban J connectivity index is 1.48. The van der Waals surface area contributed by atoms with Gasteiger partial charge in [-0.05, 0) is 62.1 Å². The summed E-state index contributed by atoms with van der Waals surface area (Å²) in [4.78, 5) is 12.5. The summed E-state index contributed by atoms with van der Waals surface area (Å²) in [5.74, 6) is 1.74. The fourth-order valence-corrected chi connectivity index (χ4v) is 4.27. The number of nitrogens with zero attached hydrogens (tertiary/aromatic N) is 1. The fourth-order valence-electron chi connectivity index (χ4n) is 3.69. The third-order valence-electron chi connectivity index (χ3n) is 5.50. The van der Waals surface area contributed by atoms with E-state index in [0.29, 0.717) is 45.2 Å². The van der Waals surface area contributed by atoms with Gasteiger partial charge in [0.2, 0.25) is 0 Å². The van der Waals surface area contributed by atoms with Crippen LogP contribution in [0.2, 0.25) is 0 Å². The molecule has 4 rings (SSSR count). The number of nitrogens with one attached hydrogen (secondary N) is 1. The number of methoxy groups -OCH3 is 3. The highest BCUT2D eigenvalue weighted by Crippen LogP contribution is 2.37. The highest BCUT2D eigenvalue weighted by Gasteiger charge is 2.13. The van der Waals surface area contributed by atoms with E-state index in [9.17, 15) is 4.79 Å². The van der Waals surface area contributed by atoms with Crippen LogP contribution in [0.3, 0.4) is 0 Å². The number of hydrogen-bond donors (Lipinski definition) is 1. The molecule has 4 aromatic carbocycles. The Bertz CT molecular complexity index is 1390. The second-order valence-corrected chi connectivity index (χ2v) is 8.62. The molecule has 8 heteroatoms. The van der Waals surface area contributed by atoms with Gasteiger partial charge in [-0.3, -0.25) is 4.79 Å². The van der Waals surface area contributed by atoms with Crippen molar-refractivity contribution >= 4 is 38.8 Å². The molecule has 0 spiro atoms. The zero-order valence-electron chi connectivity index (χ0n) is 20.1. The van der Waals surface area contributed by atoms with Gasteiger partial charge >= 0.3 is 0 Å². The minimum absolute atomic E-state index is 0.360. The van der Waals surface area contributed by atoms with Gasteiger partial charge in [-0.25, -0.2) is 5.43 Å². The predicted molar refractivity (Wildman–Crippen MR) is 144 cm³/mol. The molecule has 1 N–H and O–H groups in total. The molecule has 0 unspecified atom stereocenters. The Hall–Kier alpha value is -4.04. The molecule has 7 nitrogen and oxygen atoms in total. The molecule has 0 bridgehead atoms. The van der Waals surface area contributed by atoms with Crippen LogP contribution in [-0.4, -0.2) is 33.5 Å². The average Bonchev–Trinajstić information content (AvgIpc) is 2.91. The fraction of sp³-hybridized carbons (Fsp3) is 0.143. The number of carbonyl (C=O) groups is 1. The third-order valence-corrected chi connectivity index (χ3v) is 6.09. The number of ether oxygens (including phenoxy) is 4. The topological polar surface area (TPSA) is 78.4 Å². The van der Waals surface area contributed by atoms with E-state index in [1.165, 1.54) is 20.4 Å². The van der Waals surface area contributed by atoms with Gasteiger partial charge in [0.15, 0.2) is 11.5 Å². The van der Waals surface area contributed by atoms with Crippen LogP contribution >= 0.6 is 15.9 Å². The number of hydrazone groups is 1. The predicted octanol–water partition coefficient (Wildman–Crippen LogP) is 5.97. The Morgan fingerprint density at radius 2 is 1.64 bits per heavy atom. The minimum atomic E-state index is -0.399. The minimum Gasteiger partial charge on any atom is -0.497 e. The van der Waals surface area contributed by atoms with Gasteiger partial charge in [-0.2, -0.15) is 5.10 Å². The van der Waals surface area contributed by atoms with Crippen molar-refractivity contribution in [2.75, 3.05) is 21.3 Å². The first-order chi connectivity index (χ1) is 17.5. The summed E-state index contributed by atoms with van der Waals surface area (Å²) >= 11 is 3.57. The van der Waals surface area contributed by atoms with Crippen molar-refractivity contribution in [2.24, 2.45) is 5.10 Å². The molecule has 0 heterocycles. The van der Waals surface area contributed by atoms with Gasteiger partial charge in [0.05, 0.1) is 32.0 Å². The van der Waals surface area contributed by atoms with Crippen molar-refractivity contribution in [3.05, 3.63) is 94.0 Å². The number of amides is 1. The van der Waals surface area contributed by atoms with E-state index in [1.54, 1.807) is 31.4 Å². The highest BCUT2D eigenvalue weighted by atomic mass is 79.9. The van der Waals surface area contributed by atoms with Crippen molar-refractivity contribution < 1.29 is 23.7 Å². The van der Waals surface area contributed by atoms with Crippen molar-refractivity contribution in [1.29, 1.82) is 0 Å². The largest absolute Gasteiger partial charge is 0.497 e. The van der Waals surface area contributed by atoms with E-state index in [2.05, 4.69) is 44.7 Å². The zero-order chi connectivity index (χ0) is 25.5. The summed E-state index contributed by atoms with van der Waals surface area (Å²) in [5.41, 5.74) is 4.66. The lowest BCUT2D eigenvalue weighted by atomic mass is 10.1. The molecule has 0 radical (unpaired) electrons. The quantitative estimate of drug-likeness (QED) is 0.206. The molecule has 0 aromatic heterocycles. The molecule has 0 saturated heterocycles. The Morgan fingerprint density at radius 1 is 0.917 bits per heavy atom. The molecule has 0 fully saturated rings. The lowest BCUT2D eigenvalue weighted by Crippen LogP contribution is -2.17. The summed E-state index contributed by atoms with van der Waals surface area (Å²) in [6.07, 6.45) is 1.52. The van der Waals surface area contributed by atoms with Gasteiger partial charge in [-0.1, -0.05) is 42.5 Å². The number of carbonyl (C=O) groups excluding carboxylic acids is 1. The molecule has 4 aromatic rings. The van der Waals surface area contributed by atoms with Crippen LogP contribution in [0.25, 0.3) is 10.8 Å². The maximum absolute atomic E-state index is 12.5. The van der Waals surface area contributed by atoms with Crippen LogP contribution in [0.15, 0.2) is 82.4 Å². The molecule has 0 atom stereocenters. The van der Waals surface area contributed by atoms with Gasteiger partial charge in [-0.15, -0.1) is 0 Å². The second-order valence-electron chi connectivity index (χ2n) is 7.76. The summed E-state index contributed by atoms with van der Waals surface area (Å²) in [6, 6.07) is 22.8. The van der Waals surface area contributed by atoms with Gasteiger partial charge < -0.3 is 18.9 Å². The lowest BCUT2D eigenvalue weighted by molar-refractivity contribution is 0.0954. The second kappa shape index (κ2) is 11.6. The lowest BCUT2D eigenvalue weighted by Gasteiger charge is -2.14. The Kier molecular flexibility index (Phi) is 8.07. The first-order valence-corrected chi connectivity index (χ1v) is 11.8. The number of hydrogen-bond acceptors (Lipinski definition) is 6. The summed E-state index contributed by atoms with van der Waals surface area (Å²) in [6.45, 7) is 0.379. The van der Waals surface area contributed by atoms with Crippen LogP contribution in [0.4, 0.5) is 0 Å². The third kappa shape index (κ3) is 5.78. The summed E-state index contributed by atoms with van der Waals surface area (Å²) in [7, 11) is 4.62.